The van der Waals surface area contributed by atoms with Crippen LogP contribution in [0.4, 0.5) is 4.39 Å². The molecule has 4 heteroatoms. The molecule has 1 atom stereocenters. The van der Waals surface area contributed by atoms with Crippen LogP contribution in [0.2, 0.25) is 0 Å². The average Bonchev–Trinajstić information content (AvgIpc) is 2.72. The third kappa shape index (κ3) is 8.45. The van der Waals surface area contributed by atoms with Gasteiger partial charge >= 0.3 is 0 Å². The summed E-state index contributed by atoms with van der Waals surface area (Å²) in [7, 11) is 2.19. The zero-order chi connectivity index (χ0) is 22.3. The van der Waals surface area contributed by atoms with E-state index in [9.17, 15) is 9.50 Å². The number of hydrogen-bond acceptors (Lipinski definition) is 3. The zero-order valence-electron chi connectivity index (χ0n) is 19.1. The summed E-state index contributed by atoms with van der Waals surface area (Å²) >= 11 is 0. The Bertz CT molecular complexity index is 875. The van der Waals surface area contributed by atoms with Crippen LogP contribution in [0.3, 0.4) is 0 Å². The molecule has 0 amide bonds. The summed E-state index contributed by atoms with van der Waals surface area (Å²) in [6, 6.07) is 15.2. The second kappa shape index (κ2) is 10.9. The number of likely N-dealkylation sites (tertiary alicyclic amines) is 1. The molecule has 0 saturated carbocycles. The normalized spacial score (nSPS) is 17.4. The van der Waals surface area contributed by atoms with Crippen LogP contribution in [0, 0.1) is 23.6 Å². The van der Waals surface area contributed by atoms with E-state index in [4.69, 9.17) is 0 Å². The van der Waals surface area contributed by atoms with Gasteiger partial charge in [0, 0.05) is 31.7 Å². The maximum absolute atomic E-state index is 13.1. The second-order valence-corrected chi connectivity index (χ2v) is 9.39. The van der Waals surface area contributed by atoms with E-state index < -0.39 is 5.60 Å². The largest absolute Gasteiger partial charge is 0.378 e. The van der Waals surface area contributed by atoms with Crippen LogP contribution in [-0.2, 0) is 13.0 Å². The lowest BCUT2D eigenvalue weighted by molar-refractivity contribution is 0.142. The van der Waals surface area contributed by atoms with E-state index in [1.165, 1.54) is 24.0 Å². The van der Waals surface area contributed by atoms with Crippen molar-refractivity contribution in [1.29, 1.82) is 0 Å². The molecule has 1 fully saturated rings. The van der Waals surface area contributed by atoms with Crippen LogP contribution in [-0.4, -0.2) is 53.7 Å². The van der Waals surface area contributed by atoms with Gasteiger partial charge in [-0.1, -0.05) is 36.1 Å². The van der Waals surface area contributed by atoms with Crippen LogP contribution >= 0.6 is 0 Å². The molecule has 0 spiro atoms. The van der Waals surface area contributed by atoms with Gasteiger partial charge in [-0.2, -0.15) is 0 Å². The van der Waals surface area contributed by atoms with Crippen molar-refractivity contribution in [2.75, 3.05) is 33.2 Å². The molecule has 1 N–H and O–H groups in total. The van der Waals surface area contributed by atoms with Gasteiger partial charge in [0.2, 0.25) is 0 Å². The van der Waals surface area contributed by atoms with Crippen LogP contribution in [0.5, 0.6) is 0 Å². The Labute approximate surface area is 186 Å². The molecule has 166 valence electrons. The summed E-state index contributed by atoms with van der Waals surface area (Å²) < 4.78 is 13.1. The quantitative estimate of drug-likeness (QED) is 0.673. The minimum absolute atomic E-state index is 0.165. The number of hydrogen-bond donors (Lipinski definition) is 1. The van der Waals surface area contributed by atoms with Gasteiger partial charge in [-0.25, -0.2) is 4.39 Å². The summed E-state index contributed by atoms with van der Waals surface area (Å²) in [5.41, 5.74) is 2.44. The van der Waals surface area contributed by atoms with E-state index in [0.29, 0.717) is 5.92 Å². The first-order chi connectivity index (χ1) is 14.8. The number of aliphatic hydroxyl groups is 1. The monoisotopic (exact) mass is 422 g/mol. The molecule has 1 heterocycles. The maximum Gasteiger partial charge on any atom is 0.123 e. The summed E-state index contributed by atoms with van der Waals surface area (Å²) in [5.74, 6) is 6.40. The minimum atomic E-state index is -0.966. The molecule has 1 aliphatic heterocycles. The Hall–Kier alpha value is -2.19. The highest BCUT2D eigenvalue weighted by Gasteiger charge is 2.21. The molecular formula is C27H35FN2O. The highest BCUT2D eigenvalue weighted by atomic mass is 19.1. The lowest BCUT2D eigenvalue weighted by Gasteiger charge is -2.34. The van der Waals surface area contributed by atoms with Gasteiger partial charge < -0.3 is 14.9 Å². The third-order valence-corrected chi connectivity index (χ3v) is 5.72. The number of rotatable bonds is 7. The van der Waals surface area contributed by atoms with E-state index in [2.05, 4.69) is 40.8 Å². The Morgan fingerprint density at radius 1 is 1.10 bits per heavy atom. The van der Waals surface area contributed by atoms with Gasteiger partial charge in [-0.15, -0.1) is 0 Å². The summed E-state index contributed by atoms with van der Waals surface area (Å²) in [6.07, 6.45) is 3.50. The van der Waals surface area contributed by atoms with Crippen molar-refractivity contribution >= 4 is 0 Å². The Morgan fingerprint density at radius 3 is 2.45 bits per heavy atom. The SMILES string of the molecule is CN(Cc1ccc(C#CC(C)(C)O)cc1)C[C@@H]1CCCN(CCc2ccc(F)cc2)C1. The van der Waals surface area contributed by atoms with E-state index in [-0.39, 0.29) is 5.82 Å². The molecule has 3 nitrogen and oxygen atoms in total. The van der Waals surface area contributed by atoms with Gasteiger partial charge in [-0.05, 0) is 88.0 Å². The molecular weight excluding hydrogens is 387 g/mol. The van der Waals surface area contributed by atoms with Crippen molar-refractivity contribution in [3.8, 4) is 11.8 Å². The Morgan fingerprint density at radius 2 is 1.77 bits per heavy atom. The van der Waals surface area contributed by atoms with E-state index in [1.807, 2.05) is 24.3 Å². The van der Waals surface area contributed by atoms with Gasteiger partial charge in [0.05, 0.1) is 0 Å². The lowest BCUT2D eigenvalue weighted by atomic mass is 9.97. The second-order valence-electron chi connectivity index (χ2n) is 9.39. The van der Waals surface area contributed by atoms with Crippen LogP contribution < -0.4 is 0 Å². The smallest absolute Gasteiger partial charge is 0.123 e. The molecule has 0 bridgehead atoms. The highest BCUT2D eigenvalue weighted by Crippen LogP contribution is 2.19. The first-order valence-corrected chi connectivity index (χ1v) is 11.3. The maximum atomic E-state index is 13.1. The van der Waals surface area contributed by atoms with Crippen molar-refractivity contribution in [3.05, 3.63) is 71.0 Å². The van der Waals surface area contributed by atoms with Crippen molar-refractivity contribution in [3.63, 3.8) is 0 Å². The molecule has 1 saturated heterocycles. The number of piperidine rings is 1. The van der Waals surface area contributed by atoms with Crippen LogP contribution in [0.1, 0.15) is 43.4 Å². The van der Waals surface area contributed by atoms with Crippen LogP contribution in [0.15, 0.2) is 48.5 Å². The lowest BCUT2D eigenvalue weighted by Crippen LogP contribution is -2.40. The predicted molar refractivity (Wildman–Crippen MR) is 125 cm³/mol. The highest BCUT2D eigenvalue weighted by molar-refractivity contribution is 5.37. The molecule has 0 aliphatic carbocycles. The molecule has 0 aromatic heterocycles. The first-order valence-electron chi connectivity index (χ1n) is 11.3. The van der Waals surface area contributed by atoms with Crippen molar-refractivity contribution in [2.45, 2.75) is 45.3 Å². The summed E-state index contributed by atoms with van der Waals surface area (Å²) in [4.78, 5) is 4.97. The Balaban J connectivity index is 1.44. The minimum Gasteiger partial charge on any atom is -0.378 e. The fraction of sp³-hybridized carbons (Fsp3) is 0.481. The standard InChI is InChI=1S/C27H35FN2O/c1-27(2,31)16-14-22-6-8-24(9-7-22)19-29(3)20-25-5-4-17-30(21-25)18-15-23-10-12-26(28)13-11-23/h6-13,25,31H,4-5,15,17-21H2,1-3H3/t25-/m0/s1. The number of benzene rings is 2. The first kappa shape index (κ1) is 23.5. The topological polar surface area (TPSA) is 26.7 Å². The van der Waals surface area contributed by atoms with E-state index in [0.717, 1.165) is 44.7 Å². The molecule has 31 heavy (non-hydrogen) atoms. The molecule has 3 rings (SSSR count). The summed E-state index contributed by atoms with van der Waals surface area (Å²) in [5, 5.41) is 9.73. The fourth-order valence-electron chi connectivity index (χ4n) is 4.18. The van der Waals surface area contributed by atoms with E-state index in [1.54, 1.807) is 26.0 Å². The number of halogens is 1. The van der Waals surface area contributed by atoms with Crippen molar-refractivity contribution in [2.24, 2.45) is 5.92 Å². The molecule has 2 aromatic carbocycles. The molecule has 2 aromatic rings. The third-order valence-electron chi connectivity index (χ3n) is 5.72. The average molecular weight is 423 g/mol. The van der Waals surface area contributed by atoms with Crippen LogP contribution in [0.25, 0.3) is 0 Å². The Kier molecular flexibility index (Phi) is 8.26. The van der Waals surface area contributed by atoms with Gasteiger partial charge in [0.25, 0.3) is 0 Å². The molecule has 0 radical (unpaired) electrons. The van der Waals surface area contributed by atoms with Gasteiger partial charge in [0.1, 0.15) is 11.4 Å². The fourth-order valence-corrected chi connectivity index (χ4v) is 4.18. The predicted octanol–water partition coefficient (Wildman–Crippen LogP) is 4.33. The van der Waals surface area contributed by atoms with Crippen molar-refractivity contribution in [1.82, 2.24) is 9.80 Å². The van der Waals surface area contributed by atoms with Crippen molar-refractivity contribution < 1.29 is 9.50 Å². The van der Waals surface area contributed by atoms with Gasteiger partial charge in [-0.3, -0.25) is 0 Å². The summed E-state index contributed by atoms with van der Waals surface area (Å²) in [6.45, 7) is 8.74. The molecule has 1 aliphatic rings. The van der Waals surface area contributed by atoms with Gasteiger partial charge in [0.15, 0.2) is 0 Å². The zero-order valence-corrected chi connectivity index (χ0v) is 19.1. The van der Waals surface area contributed by atoms with E-state index >= 15 is 0 Å². The molecule has 0 unspecified atom stereocenters. The number of nitrogens with zero attached hydrogens (tertiary/aromatic N) is 2.